The molecular formula is C30H44O5Si. The van der Waals surface area contributed by atoms with Crippen molar-refractivity contribution in [1.29, 1.82) is 0 Å². The Labute approximate surface area is 218 Å². The van der Waals surface area contributed by atoms with Crippen LogP contribution in [0.5, 0.6) is 0 Å². The van der Waals surface area contributed by atoms with Crippen molar-refractivity contribution in [3.05, 3.63) is 60.7 Å². The Morgan fingerprint density at radius 2 is 1.56 bits per heavy atom. The first-order chi connectivity index (χ1) is 17.1. The molecule has 198 valence electrons. The molecule has 2 heterocycles. The summed E-state index contributed by atoms with van der Waals surface area (Å²) in [5.74, 6) is -0.582. The van der Waals surface area contributed by atoms with Gasteiger partial charge in [0.2, 0.25) is 0 Å². The summed E-state index contributed by atoms with van der Waals surface area (Å²) in [5, 5.41) is 13.4. The summed E-state index contributed by atoms with van der Waals surface area (Å²) in [6.45, 7) is 11.9. The average molecular weight is 513 g/mol. The van der Waals surface area contributed by atoms with E-state index in [1.165, 1.54) is 10.4 Å². The van der Waals surface area contributed by atoms with Gasteiger partial charge in [-0.25, -0.2) is 0 Å². The van der Waals surface area contributed by atoms with Gasteiger partial charge in [-0.2, -0.15) is 0 Å². The number of aliphatic hydroxyl groups excluding tert-OH is 1. The zero-order valence-electron chi connectivity index (χ0n) is 22.6. The van der Waals surface area contributed by atoms with Gasteiger partial charge < -0.3 is 23.7 Å². The highest BCUT2D eigenvalue weighted by Crippen LogP contribution is 2.37. The van der Waals surface area contributed by atoms with Crippen molar-refractivity contribution in [2.24, 2.45) is 0 Å². The first-order valence-electron chi connectivity index (χ1n) is 13.5. The molecule has 0 unspecified atom stereocenters. The Morgan fingerprint density at radius 3 is 2.14 bits per heavy atom. The molecular weight excluding hydrogens is 468 g/mol. The van der Waals surface area contributed by atoms with E-state index in [0.29, 0.717) is 13.2 Å². The number of aliphatic hydroxyl groups is 1. The van der Waals surface area contributed by atoms with Gasteiger partial charge in [0.05, 0.1) is 24.9 Å². The van der Waals surface area contributed by atoms with Gasteiger partial charge in [0.15, 0.2) is 5.79 Å². The summed E-state index contributed by atoms with van der Waals surface area (Å²) in [5.41, 5.74) is 0. The van der Waals surface area contributed by atoms with Crippen molar-refractivity contribution < 1.29 is 23.7 Å². The lowest BCUT2D eigenvalue weighted by Gasteiger charge is -2.44. The van der Waals surface area contributed by atoms with E-state index in [9.17, 15) is 5.11 Å². The number of hydrogen-bond donors (Lipinski definition) is 1. The van der Waals surface area contributed by atoms with Gasteiger partial charge in [0, 0.05) is 6.61 Å². The maximum Gasteiger partial charge on any atom is 0.261 e. The maximum absolute atomic E-state index is 10.9. The standard InChI is InChI=1S/C30H44O5Si/c1-29(2,3)36(23-14-8-6-9-15-23,24-16-10-7-11-17-24)33-21-13-20-26-25(31)18-12-19-27-28(34-26)22-32-30(4,5)35-27/h6-11,14-17,25-28,31H,12-13,18-22H2,1-5H3/t25-,26+,27+,28-/m0/s1. The van der Waals surface area contributed by atoms with Crippen LogP contribution in [-0.2, 0) is 18.6 Å². The Morgan fingerprint density at radius 1 is 0.944 bits per heavy atom. The molecule has 0 aliphatic carbocycles. The van der Waals surface area contributed by atoms with Crippen molar-refractivity contribution in [3.8, 4) is 0 Å². The molecule has 2 aliphatic heterocycles. The summed E-state index contributed by atoms with van der Waals surface area (Å²) in [6, 6.07) is 21.5. The van der Waals surface area contributed by atoms with Crippen molar-refractivity contribution in [2.45, 2.75) is 102 Å². The first-order valence-corrected chi connectivity index (χ1v) is 15.4. The van der Waals surface area contributed by atoms with E-state index in [2.05, 4.69) is 81.4 Å². The average Bonchev–Trinajstić information content (AvgIpc) is 2.83. The van der Waals surface area contributed by atoms with Gasteiger partial charge in [-0.3, -0.25) is 0 Å². The van der Waals surface area contributed by atoms with Crippen LogP contribution in [0.3, 0.4) is 0 Å². The minimum absolute atomic E-state index is 0.0112. The van der Waals surface area contributed by atoms with E-state index >= 15 is 0 Å². The molecule has 2 aromatic rings. The molecule has 2 saturated heterocycles. The number of benzene rings is 2. The van der Waals surface area contributed by atoms with E-state index in [0.717, 1.165) is 32.1 Å². The minimum atomic E-state index is -2.56. The lowest BCUT2D eigenvalue weighted by molar-refractivity contribution is -0.321. The molecule has 0 amide bonds. The Hall–Kier alpha value is -1.54. The third kappa shape index (κ3) is 6.12. The van der Waals surface area contributed by atoms with Gasteiger partial charge in [0.1, 0.15) is 6.10 Å². The number of ether oxygens (including phenoxy) is 3. The van der Waals surface area contributed by atoms with E-state index in [4.69, 9.17) is 18.6 Å². The molecule has 0 bridgehead atoms. The SMILES string of the molecule is CC1(C)OC[C@@H]2O[C@H](CCCO[Si](c3ccccc3)(c3ccccc3)C(C)(C)C)[C@@H](O)CCC[C@H]2O1. The molecule has 36 heavy (non-hydrogen) atoms. The van der Waals surface area contributed by atoms with Gasteiger partial charge in [-0.15, -0.1) is 0 Å². The van der Waals surface area contributed by atoms with Crippen molar-refractivity contribution in [2.75, 3.05) is 13.2 Å². The second-order valence-corrected chi connectivity index (χ2v) is 16.0. The fourth-order valence-electron chi connectivity index (χ4n) is 5.80. The molecule has 0 saturated carbocycles. The molecule has 0 aromatic heterocycles. The van der Waals surface area contributed by atoms with Crippen LogP contribution in [0.4, 0.5) is 0 Å². The summed E-state index contributed by atoms with van der Waals surface area (Å²) >= 11 is 0. The van der Waals surface area contributed by atoms with Crippen molar-refractivity contribution in [3.63, 3.8) is 0 Å². The second kappa shape index (κ2) is 11.5. The zero-order chi connectivity index (χ0) is 25.8. The van der Waals surface area contributed by atoms with Crippen LogP contribution in [0.1, 0.15) is 66.7 Å². The molecule has 6 heteroatoms. The van der Waals surface area contributed by atoms with Crippen molar-refractivity contribution >= 4 is 18.7 Å². The predicted octanol–water partition coefficient (Wildman–Crippen LogP) is 4.79. The molecule has 5 nitrogen and oxygen atoms in total. The Kier molecular flexibility index (Phi) is 8.75. The van der Waals surface area contributed by atoms with Gasteiger partial charge in [0.25, 0.3) is 8.32 Å². The predicted molar refractivity (Wildman–Crippen MR) is 146 cm³/mol. The highest BCUT2D eigenvalue weighted by Gasteiger charge is 2.50. The van der Waals surface area contributed by atoms with Crippen LogP contribution in [0, 0.1) is 0 Å². The maximum atomic E-state index is 10.9. The van der Waals surface area contributed by atoms with Crippen LogP contribution >= 0.6 is 0 Å². The normalized spacial score (nSPS) is 27.1. The van der Waals surface area contributed by atoms with Crippen LogP contribution in [0.2, 0.25) is 5.04 Å². The second-order valence-electron chi connectivity index (χ2n) is 11.7. The van der Waals surface area contributed by atoms with Crippen LogP contribution in [-0.4, -0.2) is 56.8 Å². The summed E-state index contributed by atoms with van der Waals surface area (Å²) in [6.07, 6.45) is 3.25. The molecule has 2 aromatic carbocycles. The summed E-state index contributed by atoms with van der Waals surface area (Å²) in [7, 11) is -2.56. The van der Waals surface area contributed by atoms with Crippen LogP contribution in [0.15, 0.2) is 60.7 Å². The quantitative estimate of drug-likeness (QED) is 0.427. The highest BCUT2D eigenvalue weighted by atomic mass is 28.4. The first kappa shape index (κ1) is 27.5. The highest BCUT2D eigenvalue weighted by molar-refractivity contribution is 6.99. The van der Waals surface area contributed by atoms with Crippen LogP contribution < -0.4 is 10.4 Å². The van der Waals surface area contributed by atoms with Crippen LogP contribution in [0.25, 0.3) is 0 Å². The van der Waals surface area contributed by atoms with Gasteiger partial charge in [-0.1, -0.05) is 81.4 Å². The molecule has 4 atom stereocenters. The number of rotatable bonds is 7. The number of hydrogen-bond acceptors (Lipinski definition) is 5. The third-order valence-electron chi connectivity index (χ3n) is 7.58. The van der Waals surface area contributed by atoms with Gasteiger partial charge in [-0.05, 0) is 61.4 Å². The van der Waals surface area contributed by atoms with Gasteiger partial charge >= 0.3 is 0 Å². The third-order valence-corrected chi connectivity index (χ3v) is 12.6. The Bertz CT molecular complexity index is 903. The fourth-order valence-corrected chi connectivity index (χ4v) is 10.4. The molecule has 1 N–H and O–H groups in total. The smallest absolute Gasteiger partial charge is 0.261 e. The van der Waals surface area contributed by atoms with Crippen molar-refractivity contribution in [1.82, 2.24) is 0 Å². The summed E-state index contributed by atoms with van der Waals surface area (Å²) in [4.78, 5) is 0. The van der Waals surface area contributed by atoms with E-state index < -0.39 is 20.2 Å². The van der Waals surface area contributed by atoms with E-state index in [-0.39, 0.29) is 23.4 Å². The molecule has 4 rings (SSSR count). The Balaban J connectivity index is 1.47. The topological polar surface area (TPSA) is 57.2 Å². The lowest BCUT2D eigenvalue weighted by Crippen LogP contribution is -2.66. The monoisotopic (exact) mass is 512 g/mol. The fraction of sp³-hybridized carbons (Fsp3) is 0.600. The van der Waals surface area contributed by atoms with E-state index in [1.807, 2.05) is 13.8 Å². The molecule has 2 aliphatic rings. The zero-order valence-corrected chi connectivity index (χ0v) is 23.6. The largest absolute Gasteiger partial charge is 0.407 e. The minimum Gasteiger partial charge on any atom is -0.407 e. The summed E-state index contributed by atoms with van der Waals surface area (Å²) < 4.78 is 25.5. The lowest BCUT2D eigenvalue weighted by atomic mass is 9.96. The van der Waals surface area contributed by atoms with E-state index in [1.54, 1.807) is 0 Å². The molecule has 0 spiro atoms. The number of fused-ring (bicyclic) bond motifs is 1. The molecule has 2 fully saturated rings. The molecule has 0 radical (unpaired) electrons.